The molecule has 0 aromatic rings. The molecule has 10 heteroatoms. The van der Waals surface area contributed by atoms with Crippen molar-refractivity contribution in [3.63, 3.8) is 0 Å². The molecule has 0 aromatic carbocycles. The monoisotopic (exact) mass is 324 g/mol. The maximum Gasteiger partial charge on any atom is 0.369 e. The summed E-state index contributed by atoms with van der Waals surface area (Å²) >= 11 is 0. The summed E-state index contributed by atoms with van der Waals surface area (Å²) in [7, 11) is -11.5. The summed E-state index contributed by atoms with van der Waals surface area (Å²) in [6.45, 7) is -4.72. The number of hydrogen-bond acceptors (Lipinski definition) is 4. The zero-order chi connectivity index (χ0) is 19.6. The van der Waals surface area contributed by atoms with Crippen LogP contribution in [0.5, 0.6) is 0 Å². The molecule has 0 saturated heterocycles. The van der Waals surface area contributed by atoms with Gasteiger partial charge in [0.15, 0.2) is 0 Å². The Hall–Kier alpha value is 0.220. The van der Waals surface area contributed by atoms with Crippen molar-refractivity contribution in [2.45, 2.75) is 37.7 Å². The largest absolute Gasteiger partial charge is 0.369 e. The van der Waals surface area contributed by atoms with Crippen molar-refractivity contribution in [2.24, 2.45) is 0 Å². The van der Waals surface area contributed by atoms with Crippen molar-refractivity contribution in [1.29, 1.82) is 0 Å². The Morgan fingerprint density at radius 2 is 1.74 bits per heavy atom. The van der Waals surface area contributed by atoms with Gasteiger partial charge < -0.3 is 29.6 Å². The maximum atomic E-state index is 11.3. The molecule has 0 fully saturated rings. The minimum atomic E-state index is -5.73. The van der Waals surface area contributed by atoms with E-state index in [-0.39, 0.29) is 11.3 Å². The van der Waals surface area contributed by atoms with Gasteiger partial charge in [0.1, 0.15) is 0 Å². The van der Waals surface area contributed by atoms with Crippen LogP contribution < -0.4 is 0 Å². The zero-order valence-electron chi connectivity index (χ0n) is 15.4. The van der Waals surface area contributed by atoms with Gasteiger partial charge in [-0.3, -0.25) is 9.13 Å². The Morgan fingerprint density at radius 3 is 2.11 bits per heavy atom. The van der Waals surface area contributed by atoms with E-state index in [9.17, 15) is 14.2 Å². The van der Waals surface area contributed by atoms with Gasteiger partial charge in [-0.05, 0) is 19.9 Å². The molecular weight excluding hydrogens is 296 g/mol. The van der Waals surface area contributed by atoms with Gasteiger partial charge >= 0.3 is 15.2 Å². The van der Waals surface area contributed by atoms with Crippen LogP contribution in [0.25, 0.3) is 0 Å². The third kappa shape index (κ3) is 5.61. The molecule has 0 aliphatic carbocycles. The van der Waals surface area contributed by atoms with Crippen LogP contribution in [-0.2, 0) is 9.13 Å². The molecule has 0 rings (SSSR count). The second-order valence-electron chi connectivity index (χ2n) is 4.03. The molecule has 0 atom stereocenters. The molecule has 0 amide bonds. The molecule has 116 valence electrons. The summed E-state index contributed by atoms with van der Waals surface area (Å²) in [6, 6.07) is 0. The Bertz CT molecular complexity index is 495. The molecule has 8 nitrogen and oxygen atoms in total. The third-order valence-corrected chi connectivity index (χ3v) is 6.31. The van der Waals surface area contributed by atoms with Gasteiger partial charge in [-0.1, -0.05) is 19.8 Å². The number of hydrogen-bond donors (Lipinski definition) is 5. The Morgan fingerprint density at radius 1 is 1.21 bits per heavy atom. The average Bonchev–Trinajstić information content (AvgIpc) is 2.31. The van der Waals surface area contributed by atoms with Crippen LogP contribution >= 0.6 is 15.2 Å². The van der Waals surface area contributed by atoms with Gasteiger partial charge in [0.25, 0.3) is 5.08 Å². The minimum absolute atomic E-state index is 0.216. The van der Waals surface area contributed by atoms with Crippen molar-refractivity contribution in [1.82, 2.24) is 4.90 Å². The fraction of sp³-hybridized carbons (Fsp3) is 1.00. The van der Waals surface area contributed by atoms with E-state index in [0.717, 1.165) is 0 Å². The highest BCUT2D eigenvalue weighted by Crippen LogP contribution is 2.68. The van der Waals surface area contributed by atoms with E-state index in [4.69, 9.17) is 26.4 Å². The third-order valence-electron chi connectivity index (χ3n) is 2.44. The number of nitrogens with zero attached hydrogens (tertiary/aromatic N) is 1. The summed E-state index contributed by atoms with van der Waals surface area (Å²) in [4.78, 5) is 36.4. The quantitative estimate of drug-likeness (QED) is 0.386. The van der Waals surface area contributed by atoms with Crippen molar-refractivity contribution in [3.8, 4) is 0 Å². The van der Waals surface area contributed by atoms with Gasteiger partial charge in [-0.2, -0.15) is 0 Å². The van der Waals surface area contributed by atoms with Crippen LogP contribution in [-0.4, -0.2) is 54.7 Å². The van der Waals surface area contributed by atoms with Crippen molar-refractivity contribution in [2.75, 3.05) is 20.0 Å². The minimum Gasteiger partial charge on any atom is -0.367 e. The first-order valence-electron chi connectivity index (χ1n) is 8.01. The van der Waals surface area contributed by atoms with Crippen LogP contribution in [0, 0.1) is 0 Å². The van der Waals surface area contributed by atoms with E-state index in [1.54, 1.807) is 6.92 Å². The second-order valence-corrected chi connectivity index (χ2v) is 8.03. The summed E-state index contributed by atoms with van der Waals surface area (Å²) < 4.78 is 60.3. The summed E-state index contributed by atoms with van der Waals surface area (Å²) in [5.74, 6) is 0. The smallest absolute Gasteiger partial charge is 0.367 e. The molecule has 5 N–H and O–H groups in total. The lowest BCUT2D eigenvalue weighted by atomic mass is 10.2. The van der Waals surface area contributed by atoms with Crippen LogP contribution in [0.1, 0.15) is 39.5 Å². The second kappa shape index (κ2) is 7.29. The Labute approximate surface area is 119 Å². The Balaban J connectivity index is 5.62. The maximum absolute atomic E-state index is 11.3. The molecular formula is C9H23NO7P2. The molecule has 0 spiro atoms. The highest BCUT2D eigenvalue weighted by atomic mass is 31.2. The van der Waals surface area contributed by atoms with Crippen LogP contribution in [0.2, 0.25) is 0 Å². The van der Waals surface area contributed by atoms with Gasteiger partial charge in [-0.15, -0.1) is 0 Å². The lowest BCUT2D eigenvalue weighted by Gasteiger charge is -2.30. The SMILES string of the molecule is [2H]C([2H])([2H])N(CCC(O)(P(=O)(O)O)P(=O)(O)O)C([2H])([2H])CCCC. The topological polar surface area (TPSA) is 139 Å². The summed E-state index contributed by atoms with van der Waals surface area (Å²) in [6.07, 6.45) is -0.665. The highest BCUT2D eigenvalue weighted by molar-refractivity contribution is 7.72. The van der Waals surface area contributed by atoms with E-state index in [2.05, 4.69) is 0 Å². The molecule has 0 aromatic heterocycles. The first kappa shape index (κ1) is 11.8. The summed E-state index contributed by atoms with van der Waals surface area (Å²) in [5.41, 5.74) is 0. The summed E-state index contributed by atoms with van der Waals surface area (Å²) in [5, 5.41) is 5.99. The van der Waals surface area contributed by atoms with Gasteiger partial charge in [-0.25, -0.2) is 0 Å². The van der Waals surface area contributed by atoms with E-state index in [1.807, 2.05) is 0 Å². The Kier molecular flexibility index (Phi) is 4.54. The van der Waals surface area contributed by atoms with E-state index < -0.39 is 46.7 Å². The van der Waals surface area contributed by atoms with E-state index in [1.165, 1.54) is 0 Å². The predicted octanol–water partition coefficient (Wildman–Crippen LogP) is 0.500. The number of aliphatic hydroxyl groups is 1. The van der Waals surface area contributed by atoms with Gasteiger partial charge in [0, 0.05) is 19.8 Å². The fourth-order valence-corrected chi connectivity index (χ4v) is 3.33. The molecule has 0 aliphatic heterocycles. The van der Waals surface area contributed by atoms with Gasteiger partial charge in [0.2, 0.25) is 0 Å². The fourth-order valence-electron chi connectivity index (χ4n) is 1.19. The van der Waals surface area contributed by atoms with Crippen LogP contribution in [0.15, 0.2) is 0 Å². The van der Waals surface area contributed by atoms with Crippen molar-refractivity contribution in [3.05, 3.63) is 0 Å². The molecule has 0 bridgehead atoms. The van der Waals surface area contributed by atoms with E-state index in [0.29, 0.717) is 12.8 Å². The zero-order valence-corrected chi connectivity index (χ0v) is 12.2. The first-order valence-corrected chi connectivity index (χ1v) is 8.74. The number of rotatable bonds is 9. The van der Waals surface area contributed by atoms with Crippen molar-refractivity contribution >= 4 is 15.2 Å². The molecule has 0 heterocycles. The number of unbranched alkanes of at least 4 members (excludes halogenated alkanes) is 1. The van der Waals surface area contributed by atoms with Crippen molar-refractivity contribution < 1.29 is 40.7 Å². The van der Waals surface area contributed by atoms with E-state index >= 15 is 0 Å². The molecule has 0 aliphatic rings. The first-order chi connectivity index (χ1) is 10.4. The molecule has 0 saturated carbocycles. The normalized spacial score (nSPS) is 19.4. The lowest BCUT2D eigenvalue weighted by Crippen LogP contribution is -2.34. The average molecular weight is 324 g/mol. The van der Waals surface area contributed by atoms with Gasteiger partial charge in [0.05, 0.1) is 0 Å². The van der Waals surface area contributed by atoms with Crippen LogP contribution in [0.3, 0.4) is 0 Å². The highest BCUT2D eigenvalue weighted by Gasteiger charge is 2.58. The van der Waals surface area contributed by atoms with Crippen LogP contribution in [0.4, 0.5) is 0 Å². The predicted molar refractivity (Wildman–Crippen MR) is 70.7 cm³/mol. The lowest BCUT2D eigenvalue weighted by molar-refractivity contribution is 0.112. The molecule has 0 unspecified atom stereocenters. The standard InChI is InChI=1S/C9H23NO7P2/c1-3-4-5-7-10(2)8-6-9(11,18(12,13)14)19(15,16)17/h11H,3-8H2,1-2H3,(H2,12,13,14)(H2,15,16,17)/i2D3,7D2. The molecule has 19 heavy (non-hydrogen) atoms. The molecule has 0 radical (unpaired) electrons.